The Labute approximate surface area is 96.3 Å². The molecule has 1 aromatic carbocycles. The van der Waals surface area contributed by atoms with Crippen molar-refractivity contribution in [3.05, 3.63) is 35.1 Å². The highest BCUT2D eigenvalue weighted by atomic mass is 19.1. The van der Waals surface area contributed by atoms with Gasteiger partial charge in [0.25, 0.3) is 0 Å². The number of halogens is 1. The number of rotatable bonds is 2. The van der Waals surface area contributed by atoms with Crippen LogP contribution in [-0.2, 0) is 6.42 Å². The van der Waals surface area contributed by atoms with E-state index in [2.05, 4.69) is 13.8 Å². The number of benzene rings is 1. The molecule has 0 saturated carbocycles. The van der Waals surface area contributed by atoms with Crippen molar-refractivity contribution in [3.63, 3.8) is 0 Å². The standard InChI is InChI=1S/C14H19FO/c1-14(2,9-16)12-7-3-6-11-10(12)5-4-8-13(11)15/h4-5,8,12,16H,3,6-7,9H2,1-2H3. The zero-order valence-corrected chi connectivity index (χ0v) is 9.96. The topological polar surface area (TPSA) is 20.2 Å². The predicted octanol–water partition coefficient (Wildman–Crippen LogP) is 3.26. The SMILES string of the molecule is CC(C)(CO)C1CCCc2c(F)cccc21. The summed E-state index contributed by atoms with van der Waals surface area (Å²) in [5.41, 5.74) is 1.80. The Morgan fingerprint density at radius 1 is 1.44 bits per heavy atom. The molecule has 1 aliphatic rings. The summed E-state index contributed by atoms with van der Waals surface area (Å²) in [7, 11) is 0. The molecule has 1 aliphatic carbocycles. The van der Waals surface area contributed by atoms with Crippen molar-refractivity contribution in [1.29, 1.82) is 0 Å². The molecule has 1 aromatic rings. The Morgan fingerprint density at radius 2 is 2.19 bits per heavy atom. The summed E-state index contributed by atoms with van der Waals surface area (Å²) >= 11 is 0. The lowest BCUT2D eigenvalue weighted by molar-refractivity contribution is 0.122. The maximum Gasteiger partial charge on any atom is 0.126 e. The van der Waals surface area contributed by atoms with Crippen molar-refractivity contribution in [2.45, 2.75) is 39.0 Å². The van der Waals surface area contributed by atoms with Crippen LogP contribution in [0.1, 0.15) is 43.7 Å². The van der Waals surface area contributed by atoms with Crippen molar-refractivity contribution in [2.24, 2.45) is 5.41 Å². The highest BCUT2D eigenvalue weighted by Crippen LogP contribution is 2.43. The van der Waals surface area contributed by atoms with E-state index in [1.54, 1.807) is 6.07 Å². The van der Waals surface area contributed by atoms with Crippen LogP contribution < -0.4 is 0 Å². The second-order valence-corrected chi connectivity index (χ2v) is 5.40. The molecule has 0 aliphatic heterocycles. The Balaban J connectivity index is 2.45. The normalized spacial score (nSPS) is 20.6. The summed E-state index contributed by atoms with van der Waals surface area (Å²) in [6.07, 6.45) is 2.89. The van der Waals surface area contributed by atoms with Crippen LogP contribution in [0.3, 0.4) is 0 Å². The minimum absolute atomic E-state index is 0.0871. The van der Waals surface area contributed by atoms with Crippen LogP contribution in [0, 0.1) is 11.2 Å². The minimum Gasteiger partial charge on any atom is -0.396 e. The van der Waals surface area contributed by atoms with Crippen molar-refractivity contribution in [3.8, 4) is 0 Å². The van der Waals surface area contributed by atoms with E-state index in [0.717, 1.165) is 30.4 Å². The van der Waals surface area contributed by atoms with Gasteiger partial charge in [-0.05, 0) is 47.8 Å². The molecule has 0 bridgehead atoms. The summed E-state index contributed by atoms with van der Waals surface area (Å²) in [5.74, 6) is 0.188. The van der Waals surface area contributed by atoms with Crippen LogP contribution in [0.2, 0.25) is 0 Å². The first kappa shape index (κ1) is 11.6. The number of hydrogen-bond donors (Lipinski definition) is 1. The Morgan fingerprint density at radius 3 is 2.88 bits per heavy atom. The second kappa shape index (κ2) is 4.17. The molecule has 2 rings (SSSR count). The van der Waals surface area contributed by atoms with Crippen LogP contribution in [0.25, 0.3) is 0 Å². The summed E-state index contributed by atoms with van der Waals surface area (Å²) < 4.78 is 13.7. The minimum atomic E-state index is -0.164. The lowest BCUT2D eigenvalue weighted by Crippen LogP contribution is -2.29. The third-order valence-electron chi connectivity index (χ3n) is 3.80. The molecular formula is C14H19FO. The van der Waals surface area contributed by atoms with Gasteiger partial charge in [-0.3, -0.25) is 0 Å². The number of aliphatic hydroxyl groups is 1. The van der Waals surface area contributed by atoms with Gasteiger partial charge in [0.1, 0.15) is 5.82 Å². The molecule has 1 unspecified atom stereocenters. The predicted molar refractivity (Wildman–Crippen MR) is 62.9 cm³/mol. The van der Waals surface area contributed by atoms with E-state index in [9.17, 15) is 9.50 Å². The van der Waals surface area contributed by atoms with Crippen molar-refractivity contribution >= 4 is 0 Å². The highest BCUT2D eigenvalue weighted by molar-refractivity contribution is 5.35. The van der Waals surface area contributed by atoms with Gasteiger partial charge in [-0.15, -0.1) is 0 Å². The smallest absolute Gasteiger partial charge is 0.126 e. The lowest BCUT2D eigenvalue weighted by atomic mass is 9.68. The zero-order chi connectivity index (χ0) is 11.8. The molecule has 0 heterocycles. The van der Waals surface area contributed by atoms with Crippen LogP contribution in [0.5, 0.6) is 0 Å². The molecule has 0 fully saturated rings. The van der Waals surface area contributed by atoms with Gasteiger partial charge in [-0.2, -0.15) is 0 Å². The largest absolute Gasteiger partial charge is 0.396 e. The van der Waals surface area contributed by atoms with Gasteiger partial charge in [0.15, 0.2) is 0 Å². The highest BCUT2D eigenvalue weighted by Gasteiger charge is 2.34. The third kappa shape index (κ3) is 1.86. The van der Waals surface area contributed by atoms with Gasteiger partial charge in [0.2, 0.25) is 0 Å². The van der Waals surface area contributed by atoms with E-state index in [1.165, 1.54) is 6.07 Å². The van der Waals surface area contributed by atoms with E-state index in [1.807, 2.05) is 6.07 Å². The summed E-state index contributed by atoms with van der Waals surface area (Å²) in [4.78, 5) is 0. The fourth-order valence-electron chi connectivity index (χ4n) is 2.73. The van der Waals surface area contributed by atoms with E-state index < -0.39 is 0 Å². The fourth-order valence-corrected chi connectivity index (χ4v) is 2.73. The quantitative estimate of drug-likeness (QED) is 0.814. The Bertz CT molecular complexity index is 384. The van der Waals surface area contributed by atoms with E-state index in [4.69, 9.17) is 0 Å². The molecule has 1 N–H and O–H groups in total. The second-order valence-electron chi connectivity index (χ2n) is 5.40. The van der Waals surface area contributed by atoms with Crippen molar-refractivity contribution in [2.75, 3.05) is 6.61 Å². The molecule has 88 valence electrons. The average molecular weight is 222 g/mol. The molecule has 0 saturated heterocycles. The first-order valence-electron chi connectivity index (χ1n) is 5.94. The number of fused-ring (bicyclic) bond motifs is 1. The monoisotopic (exact) mass is 222 g/mol. The van der Waals surface area contributed by atoms with Crippen LogP contribution >= 0.6 is 0 Å². The van der Waals surface area contributed by atoms with Crippen molar-refractivity contribution in [1.82, 2.24) is 0 Å². The zero-order valence-electron chi connectivity index (χ0n) is 9.96. The molecule has 0 aromatic heterocycles. The molecule has 16 heavy (non-hydrogen) atoms. The molecule has 0 amide bonds. The Kier molecular flexibility index (Phi) is 3.02. The van der Waals surface area contributed by atoms with Crippen molar-refractivity contribution < 1.29 is 9.50 Å². The summed E-state index contributed by atoms with van der Waals surface area (Å²) in [6, 6.07) is 5.33. The number of aliphatic hydroxyl groups excluding tert-OH is 1. The summed E-state index contributed by atoms with van der Waals surface area (Å²) in [5, 5.41) is 9.45. The third-order valence-corrected chi connectivity index (χ3v) is 3.80. The van der Waals surface area contributed by atoms with Crippen LogP contribution in [0.4, 0.5) is 4.39 Å². The van der Waals surface area contributed by atoms with Gasteiger partial charge in [0, 0.05) is 6.61 Å². The van der Waals surface area contributed by atoms with Gasteiger partial charge in [-0.1, -0.05) is 26.0 Å². The molecule has 0 spiro atoms. The fraction of sp³-hybridized carbons (Fsp3) is 0.571. The number of hydrogen-bond acceptors (Lipinski definition) is 1. The van der Waals surface area contributed by atoms with E-state index >= 15 is 0 Å². The van der Waals surface area contributed by atoms with Crippen LogP contribution in [-0.4, -0.2) is 11.7 Å². The average Bonchev–Trinajstić information content (AvgIpc) is 2.29. The van der Waals surface area contributed by atoms with Gasteiger partial charge in [0.05, 0.1) is 0 Å². The molecule has 1 atom stereocenters. The first-order chi connectivity index (χ1) is 7.56. The molecule has 1 nitrogen and oxygen atoms in total. The van der Waals surface area contributed by atoms with Gasteiger partial charge in [-0.25, -0.2) is 4.39 Å². The van der Waals surface area contributed by atoms with E-state index in [0.29, 0.717) is 0 Å². The molecule has 0 radical (unpaired) electrons. The maximum atomic E-state index is 13.7. The van der Waals surface area contributed by atoms with Gasteiger partial charge >= 0.3 is 0 Å². The lowest BCUT2D eigenvalue weighted by Gasteiger charge is -2.37. The Hall–Kier alpha value is -0.890. The molecular weight excluding hydrogens is 203 g/mol. The first-order valence-corrected chi connectivity index (χ1v) is 5.94. The van der Waals surface area contributed by atoms with Crippen LogP contribution in [0.15, 0.2) is 18.2 Å². The summed E-state index contributed by atoms with van der Waals surface area (Å²) in [6.45, 7) is 4.25. The molecule has 2 heteroatoms. The van der Waals surface area contributed by atoms with Gasteiger partial charge < -0.3 is 5.11 Å². The maximum absolute atomic E-state index is 13.7. The van der Waals surface area contributed by atoms with E-state index in [-0.39, 0.29) is 23.8 Å².